The molecule has 0 amide bonds. The van der Waals surface area contributed by atoms with Crippen molar-refractivity contribution in [2.24, 2.45) is 5.92 Å². The largest absolute Gasteiger partial charge is 0.306 e. The minimum absolute atomic E-state index is 0.460. The molecule has 0 saturated carbocycles. The first-order chi connectivity index (χ1) is 8.06. The average molecular weight is 317 g/mol. The van der Waals surface area contributed by atoms with Crippen LogP contribution in [0, 0.1) is 5.92 Å². The first-order valence-electron chi connectivity index (χ1n) is 6.25. The Morgan fingerprint density at radius 2 is 2.35 bits per heavy atom. The third kappa shape index (κ3) is 3.53. The maximum Gasteiger partial charge on any atom is 0.0388 e. The van der Waals surface area contributed by atoms with E-state index in [1.165, 1.54) is 28.9 Å². The van der Waals surface area contributed by atoms with Crippen molar-refractivity contribution in [3.63, 3.8) is 0 Å². The monoisotopic (exact) mass is 316 g/mol. The molecule has 1 fully saturated rings. The summed E-state index contributed by atoms with van der Waals surface area (Å²) in [6, 6.07) is 3.34. The van der Waals surface area contributed by atoms with Gasteiger partial charge in [0.05, 0.1) is 0 Å². The molecular weight excluding hydrogens is 296 g/mol. The van der Waals surface area contributed by atoms with E-state index in [4.69, 9.17) is 0 Å². The number of thiophene rings is 1. The highest BCUT2D eigenvalue weighted by molar-refractivity contribution is 9.10. The molecule has 2 nitrogen and oxygen atoms in total. The van der Waals surface area contributed by atoms with Gasteiger partial charge in [0, 0.05) is 33.4 Å². The van der Waals surface area contributed by atoms with Crippen LogP contribution in [0.5, 0.6) is 0 Å². The van der Waals surface area contributed by atoms with Gasteiger partial charge in [-0.2, -0.15) is 0 Å². The van der Waals surface area contributed by atoms with Crippen molar-refractivity contribution in [3.8, 4) is 0 Å². The molecule has 1 aliphatic rings. The maximum atomic E-state index is 3.78. The molecule has 3 unspecified atom stereocenters. The summed E-state index contributed by atoms with van der Waals surface area (Å²) in [5.74, 6) is 0.736. The summed E-state index contributed by atoms with van der Waals surface area (Å²) in [7, 11) is 2.21. The van der Waals surface area contributed by atoms with Crippen molar-refractivity contribution in [2.45, 2.75) is 32.4 Å². The van der Waals surface area contributed by atoms with Crippen LogP contribution in [0.1, 0.15) is 31.2 Å². The number of hydrogen-bond acceptors (Lipinski definition) is 3. The number of nitrogens with one attached hydrogen (secondary N) is 1. The second-order valence-corrected chi connectivity index (χ2v) is 7.05. The first-order valence-corrected chi connectivity index (χ1v) is 7.92. The van der Waals surface area contributed by atoms with Gasteiger partial charge >= 0.3 is 0 Å². The van der Waals surface area contributed by atoms with Crippen LogP contribution >= 0.6 is 27.3 Å². The standard InChI is InChI=1S/C13H21BrN2S/c1-9-7-16(3)5-4-12(9)15-10(2)13-6-11(14)8-17-13/h6,8-10,12,15H,4-5,7H2,1-3H3. The van der Waals surface area contributed by atoms with Crippen molar-refractivity contribution < 1.29 is 0 Å². The van der Waals surface area contributed by atoms with E-state index in [0.29, 0.717) is 12.1 Å². The molecule has 1 saturated heterocycles. The van der Waals surface area contributed by atoms with E-state index in [1.807, 2.05) is 11.3 Å². The zero-order valence-electron chi connectivity index (χ0n) is 10.7. The Labute approximate surface area is 117 Å². The Balaban J connectivity index is 1.92. The molecule has 2 heterocycles. The Hall–Kier alpha value is 0.1000. The highest BCUT2D eigenvalue weighted by atomic mass is 79.9. The fourth-order valence-corrected chi connectivity index (χ4v) is 4.02. The van der Waals surface area contributed by atoms with Crippen LogP contribution in [0.3, 0.4) is 0 Å². The Bertz CT molecular complexity index is 366. The van der Waals surface area contributed by atoms with E-state index < -0.39 is 0 Å². The number of nitrogens with zero attached hydrogens (tertiary/aromatic N) is 1. The van der Waals surface area contributed by atoms with Crippen LogP contribution in [0.25, 0.3) is 0 Å². The van der Waals surface area contributed by atoms with E-state index >= 15 is 0 Å². The van der Waals surface area contributed by atoms with Gasteiger partial charge in [0.2, 0.25) is 0 Å². The lowest BCUT2D eigenvalue weighted by Gasteiger charge is -2.36. The fraction of sp³-hybridized carbons (Fsp3) is 0.692. The Morgan fingerprint density at radius 3 is 2.94 bits per heavy atom. The summed E-state index contributed by atoms with van der Waals surface area (Å²) in [6.07, 6.45) is 1.26. The van der Waals surface area contributed by atoms with Gasteiger partial charge in [-0.15, -0.1) is 11.3 Å². The summed E-state index contributed by atoms with van der Waals surface area (Å²) in [4.78, 5) is 3.85. The van der Waals surface area contributed by atoms with Gasteiger partial charge in [-0.25, -0.2) is 0 Å². The number of hydrogen-bond donors (Lipinski definition) is 1. The molecule has 0 aromatic carbocycles. The van der Waals surface area contributed by atoms with Crippen molar-refractivity contribution in [1.29, 1.82) is 0 Å². The van der Waals surface area contributed by atoms with Crippen molar-refractivity contribution in [2.75, 3.05) is 20.1 Å². The predicted octanol–water partition coefficient (Wildman–Crippen LogP) is 3.50. The van der Waals surface area contributed by atoms with Crippen LogP contribution in [0.4, 0.5) is 0 Å². The molecular formula is C13H21BrN2S. The van der Waals surface area contributed by atoms with Crippen molar-refractivity contribution in [3.05, 3.63) is 20.8 Å². The summed E-state index contributed by atoms with van der Waals surface area (Å²) in [5.41, 5.74) is 0. The van der Waals surface area contributed by atoms with Crippen LogP contribution in [-0.4, -0.2) is 31.1 Å². The van der Waals surface area contributed by atoms with E-state index in [2.05, 4.69) is 58.5 Å². The zero-order chi connectivity index (χ0) is 12.4. The van der Waals surface area contributed by atoms with Crippen LogP contribution in [0.2, 0.25) is 0 Å². The lowest BCUT2D eigenvalue weighted by Crippen LogP contribution is -2.47. The van der Waals surface area contributed by atoms with Crippen molar-refractivity contribution in [1.82, 2.24) is 10.2 Å². The van der Waals surface area contributed by atoms with Gasteiger partial charge in [0.15, 0.2) is 0 Å². The summed E-state index contributed by atoms with van der Waals surface area (Å²) in [5, 5.41) is 5.94. The highest BCUT2D eigenvalue weighted by Gasteiger charge is 2.25. The molecule has 0 radical (unpaired) electrons. The molecule has 17 heavy (non-hydrogen) atoms. The quantitative estimate of drug-likeness (QED) is 0.918. The van der Waals surface area contributed by atoms with Gasteiger partial charge in [-0.3, -0.25) is 0 Å². The van der Waals surface area contributed by atoms with Gasteiger partial charge < -0.3 is 10.2 Å². The number of likely N-dealkylation sites (tertiary alicyclic amines) is 1. The molecule has 4 heteroatoms. The number of rotatable bonds is 3. The molecule has 3 atom stereocenters. The molecule has 96 valence electrons. The minimum atomic E-state index is 0.460. The average Bonchev–Trinajstić information content (AvgIpc) is 2.69. The molecule has 2 rings (SSSR count). The Kier molecular flexibility index (Phi) is 4.64. The van der Waals surface area contributed by atoms with Crippen LogP contribution in [0.15, 0.2) is 15.9 Å². The molecule has 1 aliphatic heterocycles. The normalized spacial score (nSPS) is 28.2. The summed E-state index contributed by atoms with van der Waals surface area (Å²) < 4.78 is 1.20. The van der Waals surface area contributed by atoms with Crippen LogP contribution < -0.4 is 5.32 Å². The molecule has 1 aromatic rings. The third-order valence-electron chi connectivity index (χ3n) is 3.59. The smallest absolute Gasteiger partial charge is 0.0388 e. The summed E-state index contributed by atoms with van der Waals surface area (Å²) in [6.45, 7) is 7.04. The topological polar surface area (TPSA) is 15.3 Å². The predicted molar refractivity (Wildman–Crippen MR) is 78.6 cm³/mol. The number of piperidine rings is 1. The third-order valence-corrected chi connectivity index (χ3v) is 5.46. The van der Waals surface area contributed by atoms with Gasteiger partial charge in [0.25, 0.3) is 0 Å². The molecule has 0 aliphatic carbocycles. The second kappa shape index (κ2) is 5.83. The molecule has 0 spiro atoms. The van der Waals surface area contributed by atoms with Crippen LogP contribution in [-0.2, 0) is 0 Å². The van der Waals surface area contributed by atoms with E-state index in [-0.39, 0.29) is 0 Å². The van der Waals surface area contributed by atoms with Crippen molar-refractivity contribution >= 4 is 27.3 Å². The Morgan fingerprint density at radius 1 is 1.59 bits per heavy atom. The maximum absolute atomic E-state index is 3.78. The highest BCUT2D eigenvalue weighted by Crippen LogP contribution is 2.27. The minimum Gasteiger partial charge on any atom is -0.306 e. The molecule has 1 N–H and O–H groups in total. The summed E-state index contributed by atoms with van der Waals surface area (Å²) >= 11 is 5.35. The number of halogens is 1. The SMILES string of the molecule is CC(NC1CCN(C)CC1C)c1cc(Br)cs1. The van der Waals surface area contributed by atoms with Gasteiger partial charge in [0.1, 0.15) is 0 Å². The second-order valence-electron chi connectivity index (χ2n) is 5.19. The lowest BCUT2D eigenvalue weighted by atomic mass is 9.93. The van der Waals surface area contributed by atoms with Gasteiger partial charge in [-0.05, 0) is 54.9 Å². The zero-order valence-corrected chi connectivity index (χ0v) is 13.1. The molecule has 0 bridgehead atoms. The first kappa shape index (κ1) is 13.5. The van der Waals surface area contributed by atoms with E-state index in [9.17, 15) is 0 Å². The molecule has 1 aromatic heterocycles. The van der Waals surface area contributed by atoms with E-state index in [0.717, 1.165) is 5.92 Å². The fourth-order valence-electron chi connectivity index (χ4n) is 2.56. The lowest BCUT2D eigenvalue weighted by molar-refractivity contribution is 0.168. The van der Waals surface area contributed by atoms with E-state index in [1.54, 1.807) is 0 Å². The van der Waals surface area contributed by atoms with Gasteiger partial charge in [-0.1, -0.05) is 6.92 Å².